The van der Waals surface area contributed by atoms with E-state index in [1.54, 1.807) is 0 Å². The van der Waals surface area contributed by atoms with Gasteiger partial charge in [0.2, 0.25) is 0 Å². The van der Waals surface area contributed by atoms with Gasteiger partial charge in [0.15, 0.2) is 5.82 Å². The van der Waals surface area contributed by atoms with Crippen molar-refractivity contribution in [2.75, 3.05) is 18.0 Å². The lowest BCUT2D eigenvalue weighted by Gasteiger charge is -2.36. The first-order valence-electron chi connectivity index (χ1n) is 8.02. The molecule has 0 bridgehead atoms. The molecule has 3 N–H and O–H groups in total. The summed E-state index contributed by atoms with van der Waals surface area (Å²) in [5.41, 5.74) is 9.33. The Hall–Kier alpha value is -1.03. The number of fused-ring (bicyclic) bond motifs is 1. The lowest BCUT2D eigenvalue weighted by molar-refractivity contribution is 0.215. The van der Waals surface area contributed by atoms with E-state index in [-0.39, 0.29) is 0 Å². The van der Waals surface area contributed by atoms with Gasteiger partial charge in [0.25, 0.3) is 0 Å². The largest absolute Gasteiger partial charge is 0.353 e. The van der Waals surface area contributed by atoms with Gasteiger partial charge in [-0.2, -0.15) is 5.10 Å². The van der Waals surface area contributed by atoms with Crippen molar-refractivity contribution in [3.05, 3.63) is 11.3 Å². The summed E-state index contributed by atoms with van der Waals surface area (Å²) in [7, 11) is 0. The van der Waals surface area contributed by atoms with Crippen LogP contribution in [0.2, 0.25) is 0 Å². The van der Waals surface area contributed by atoms with Gasteiger partial charge in [-0.25, -0.2) is 0 Å². The molecule has 4 heteroatoms. The van der Waals surface area contributed by atoms with Crippen LogP contribution in [-0.2, 0) is 12.8 Å². The predicted octanol–water partition coefficient (Wildman–Crippen LogP) is 2.49. The van der Waals surface area contributed by atoms with E-state index < -0.39 is 0 Å². The van der Waals surface area contributed by atoms with Crippen LogP contribution in [0.15, 0.2) is 0 Å². The summed E-state index contributed by atoms with van der Waals surface area (Å²) in [6, 6.07) is 0.304. The number of nitrogens with one attached hydrogen (secondary N) is 1. The Morgan fingerprint density at radius 3 is 2.80 bits per heavy atom. The molecule has 0 radical (unpaired) electrons. The van der Waals surface area contributed by atoms with Crippen molar-refractivity contribution in [3.63, 3.8) is 0 Å². The summed E-state index contributed by atoms with van der Waals surface area (Å²) < 4.78 is 0. The number of nitrogens with two attached hydrogens (primary N) is 1. The predicted molar refractivity (Wildman–Crippen MR) is 83.0 cm³/mol. The number of rotatable bonds is 1. The van der Waals surface area contributed by atoms with Crippen LogP contribution >= 0.6 is 0 Å². The highest BCUT2D eigenvalue weighted by atomic mass is 15.3. The molecular formula is C16H28N4. The third kappa shape index (κ3) is 2.58. The molecule has 1 fully saturated rings. The smallest absolute Gasteiger partial charge is 0.153 e. The van der Waals surface area contributed by atoms with E-state index in [0.29, 0.717) is 11.5 Å². The number of hydrogen-bond acceptors (Lipinski definition) is 3. The summed E-state index contributed by atoms with van der Waals surface area (Å²) in [4.78, 5) is 2.40. The third-order valence-electron chi connectivity index (χ3n) is 5.11. The maximum Gasteiger partial charge on any atom is 0.153 e. The highest BCUT2D eigenvalue weighted by Crippen LogP contribution is 2.39. The third-order valence-corrected chi connectivity index (χ3v) is 5.11. The average Bonchev–Trinajstić information content (AvgIpc) is 2.80. The van der Waals surface area contributed by atoms with Crippen LogP contribution in [0, 0.1) is 11.3 Å². The summed E-state index contributed by atoms with van der Waals surface area (Å²) in [6.07, 6.45) is 5.91. The highest BCUT2D eigenvalue weighted by molar-refractivity contribution is 5.51. The molecule has 1 aliphatic heterocycles. The van der Waals surface area contributed by atoms with E-state index in [4.69, 9.17) is 5.73 Å². The summed E-state index contributed by atoms with van der Waals surface area (Å²) >= 11 is 0. The van der Waals surface area contributed by atoms with Gasteiger partial charge >= 0.3 is 0 Å². The summed E-state index contributed by atoms with van der Waals surface area (Å²) in [5.74, 6) is 1.94. The molecule has 0 spiro atoms. The SMILES string of the molecule is CC(C)(C)C1CCc2[nH]nc(N3CCCC(N)C3)c2C1. The molecule has 0 saturated carbocycles. The second kappa shape index (κ2) is 5.06. The minimum atomic E-state index is 0.304. The highest BCUT2D eigenvalue weighted by Gasteiger charge is 2.33. The van der Waals surface area contributed by atoms with Crippen LogP contribution < -0.4 is 10.6 Å². The zero-order valence-electron chi connectivity index (χ0n) is 13.1. The molecule has 1 saturated heterocycles. The molecule has 1 aromatic heterocycles. The number of nitrogens with zero attached hydrogens (tertiary/aromatic N) is 2. The maximum atomic E-state index is 6.12. The molecule has 2 heterocycles. The van der Waals surface area contributed by atoms with E-state index >= 15 is 0 Å². The number of H-pyrrole nitrogens is 1. The molecule has 2 atom stereocenters. The van der Waals surface area contributed by atoms with Crippen molar-refractivity contribution in [1.29, 1.82) is 0 Å². The Kier molecular flexibility index (Phi) is 3.53. The van der Waals surface area contributed by atoms with E-state index in [1.165, 1.54) is 29.9 Å². The molecule has 3 rings (SSSR count). The first-order chi connectivity index (χ1) is 9.45. The van der Waals surface area contributed by atoms with E-state index in [1.807, 2.05) is 0 Å². The quantitative estimate of drug-likeness (QED) is 0.828. The van der Waals surface area contributed by atoms with Gasteiger partial charge in [-0.15, -0.1) is 0 Å². The second-order valence-corrected chi connectivity index (χ2v) is 7.66. The number of anilines is 1. The van der Waals surface area contributed by atoms with Crippen LogP contribution in [0.1, 0.15) is 51.3 Å². The molecule has 0 amide bonds. The number of piperidine rings is 1. The zero-order chi connectivity index (χ0) is 14.3. The number of hydrogen-bond donors (Lipinski definition) is 2. The van der Waals surface area contributed by atoms with Crippen molar-refractivity contribution >= 4 is 5.82 Å². The van der Waals surface area contributed by atoms with Crippen LogP contribution in [0.25, 0.3) is 0 Å². The van der Waals surface area contributed by atoms with Gasteiger partial charge in [-0.1, -0.05) is 20.8 Å². The van der Waals surface area contributed by atoms with Gasteiger partial charge in [-0.3, -0.25) is 5.10 Å². The number of aromatic amines is 1. The number of aromatic nitrogens is 2. The van der Waals surface area contributed by atoms with Gasteiger partial charge in [0, 0.05) is 30.4 Å². The second-order valence-electron chi connectivity index (χ2n) is 7.66. The van der Waals surface area contributed by atoms with Gasteiger partial charge < -0.3 is 10.6 Å². The van der Waals surface area contributed by atoms with Gasteiger partial charge in [-0.05, 0) is 43.4 Å². The van der Waals surface area contributed by atoms with Crippen LogP contribution in [0.4, 0.5) is 5.82 Å². The van der Waals surface area contributed by atoms with Crippen LogP contribution in [-0.4, -0.2) is 29.3 Å². The van der Waals surface area contributed by atoms with Crippen LogP contribution in [0.3, 0.4) is 0 Å². The average molecular weight is 276 g/mol. The molecule has 2 unspecified atom stereocenters. The molecule has 4 nitrogen and oxygen atoms in total. The summed E-state index contributed by atoms with van der Waals surface area (Å²) in [5, 5.41) is 7.90. The lowest BCUT2D eigenvalue weighted by Crippen LogP contribution is -2.43. The molecular weight excluding hydrogens is 248 g/mol. The van der Waals surface area contributed by atoms with E-state index in [0.717, 1.165) is 38.3 Å². The first kappa shape index (κ1) is 13.9. The van der Waals surface area contributed by atoms with Crippen molar-refractivity contribution in [2.45, 2.75) is 58.9 Å². The lowest BCUT2D eigenvalue weighted by atomic mass is 9.72. The first-order valence-corrected chi connectivity index (χ1v) is 8.02. The molecule has 2 aliphatic rings. The summed E-state index contributed by atoms with van der Waals surface area (Å²) in [6.45, 7) is 9.14. The van der Waals surface area contributed by atoms with Crippen molar-refractivity contribution in [1.82, 2.24) is 10.2 Å². The Labute approximate surface area is 122 Å². The molecule has 112 valence electrons. The molecule has 20 heavy (non-hydrogen) atoms. The molecule has 0 aromatic carbocycles. The number of aryl methyl sites for hydroxylation is 1. The molecule has 1 aliphatic carbocycles. The topological polar surface area (TPSA) is 57.9 Å². The Balaban J connectivity index is 1.83. The Morgan fingerprint density at radius 1 is 1.30 bits per heavy atom. The minimum absolute atomic E-state index is 0.304. The Bertz CT molecular complexity index is 471. The Morgan fingerprint density at radius 2 is 2.10 bits per heavy atom. The fraction of sp³-hybridized carbons (Fsp3) is 0.812. The van der Waals surface area contributed by atoms with E-state index in [9.17, 15) is 0 Å². The fourth-order valence-corrected chi connectivity index (χ4v) is 3.68. The fourth-order valence-electron chi connectivity index (χ4n) is 3.68. The van der Waals surface area contributed by atoms with E-state index in [2.05, 4.69) is 35.9 Å². The van der Waals surface area contributed by atoms with Crippen molar-refractivity contribution < 1.29 is 0 Å². The normalized spacial score (nSPS) is 27.5. The zero-order valence-corrected chi connectivity index (χ0v) is 13.1. The minimum Gasteiger partial charge on any atom is -0.353 e. The van der Waals surface area contributed by atoms with Crippen LogP contribution in [0.5, 0.6) is 0 Å². The van der Waals surface area contributed by atoms with Gasteiger partial charge in [0.05, 0.1) is 0 Å². The standard InChI is InChI=1S/C16H28N4/c1-16(2,3)11-6-7-14-13(9-11)15(19-18-14)20-8-4-5-12(17)10-20/h11-12H,4-10,17H2,1-3H3,(H,18,19). The van der Waals surface area contributed by atoms with Crippen molar-refractivity contribution in [2.24, 2.45) is 17.1 Å². The monoisotopic (exact) mass is 276 g/mol. The van der Waals surface area contributed by atoms with Crippen molar-refractivity contribution in [3.8, 4) is 0 Å². The maximum absolute atomic E-state index is 6.12. The molecule has 1 aromatic rings. The van der Waals surface area contributed by atoms with Gasteiger partial charge in [0.1, 0.15) is 0 Å².